The second-order valence-corrected chi connectivity index (χ2v) is 9.58. The fourth-order valence-corrected chi connectivity index (χ4v) is 4.90. The summed E-state index contributed by atoms with van der Waals surface area (Å²) in [4.78, 5) is 25.5. The standard InChI is InChI=1S/C28H32N4O2/c1-21-4-6-22(7-5-21)28(13-3-14-28)23-8-10-25(11-9-23)34-20-24-12-15-29-26(30-24)27(33)32-18-16-31(2)17-19-32/h4-12,15H,3,13-14,16-20H2,1-2H3. The summed E-state index contributed by atoms with van der Waals surface area (Å²) in [5, 5.41) is 0. The molecule has 1 saturated carbocycles. The summed E-state index contributed by atoms with van der Waals surface area (Å²) in [6, 6.07) is 19.2. The second-order valence-electron chi connectivity index (χ2n) is 9.58. The molecule has 0 atom stereocenters. The van der Waals surface area contributed by atoms with Gasteiger partial charge in [-0.15, -0.1) is 0 Å². The van der Waals surface area contributed by atoms with Crippen LogP contribution in [0.4, 0.5) is 0 Å². The van der Waals surface area contributed by atoms with Crippen molar-refractivity contribution in [2.24, 2.45) is 0 Å². The smallest absolute Gasteiger partial charge is 0.291 e. The van der Waals surface area contributed by atoms with E-state index in [1.54, 1.807) is 12.3 Å². The Bertz CT molecular complexity index is 1130. The molecule has 0 unspecified atom stereocenters. The van der Waals surface area contributed by atoms with E-state index in [0.29, 0.717) is 25.4 Å². The van der Waals surface area contributed by atoms with Crippen LogP contribution in [-0.2, 0) is 12.0 Å². The summed E-state index contributed by atoms with van der Waals surface area (Å²) in [5.74, 6) is 0.930. The molecule has 1 saturated heterocycles. The Kier molecular flexibility index (Phi) is 6.33. The molecular weight excluding hydrogens is 424 g/mol. The molecule has 2 fully saturated rings. The molecule has 3 aromatic rings. The number of carbonyl (C=O) groups is 1. The van der Waals surface area contributed by atoms with Crippen molar-refractivity contribution < 1.29 is 9.53 Å². The van der Waals surface area contributed by atoms with Gasteiger partial charge in [-0.3, -0.25) is 4.79 Å². The minimum Gasteiger partial charge on any atom is -0.487 e. The van der Waals surface area contributed by atoms with Crippen LogP contribution in [0.25, 0.3) is 0 Å². The van der Waals surface area contributed by atoms with Gasteiger partial charge in [0.1, 0.15) is 12.4 Å². The Balaban J connectivity index is 1.23. The number of aryl methyl sites for hydroxylation is 1. The van der Waals surface area contributed by atoms with E-state index in [9.17, 15) is 4.79 Å². The lowest BCUT2D eigenvalue weighted by Crippen LogP contribution is -2.47. The topological polar surface area (TPSA) is 58.6 Å². The number of hydrogen-bond acceptors (Lipinski definition) is 5. The van der Waals surface area contributed by atoms with Crippen LogP contribution in [0.15, 0.2) is 60.8 Å². The molecule has 2 aromatic carbocycles. The molecule has 34 heavy (non-hydrogen) atoms. The number of piperazine rings is 1. The molecular formula is C28H32N4O2. The summed E-state index contributed by atoms with van der Waals surface area (Å²) >= 11 is 0. The number of likely N-dealkylation sites (N-methyl/N-ethyl adjacent to an activating group) is 1. The van der Waals surface area contributed by atoms with Crippen LogP contribution in [-0.4, -0.2) is 58.9 Å². The van der Waals surface area contributed by atoms with Crippen LogP contribution in [0.3, 0.4) is 0 Å². The molecule has 176 valence electrons. The highest BCUT2D eigenvalue weighted by Gasteiger charge is 2.40. The molecule has 1 aromatic heterocycles. The van der Waals surface area contributed by atoms with Gasteiger partial charge in [0.15, 0.2) is 0 Å². The van der Waals surface area contributed by atoms with Gasteiger partial charge in [-0.1, -0.05) is 48.4 Å². The van der Waals surface area contributed by atoms with Crippen molar-refractivity contribution in [2.75, 3.05) is 33.2 Å². The first-order valence-electron chi connectivity index (χ1n) is 12.1. The number of benzene rings is 2. The molecule has 0 bridgehead atoms. The number of amides is 1. The Morgan fingerprint density at radius 2 is 1.59 bits per heavy atom. The Hall–Kier alpha value is -3.25. The van der Waals surface area contributed by atoms with Crippen molar-refractivity contribution >= 4 is 5.91 Å². The van der Waals surface area contributed by atoms with E-state index in [2.05, 4.69) is 65.2 Å². The number of rotatable bonds is 6. The van der Waals surface area contributed by atoms with E-state index in [-0.39, 0.29) is 17.1 Å². The number of nitrogens with zero attached hydrogens (tertiary/aromatic N) is 4. The van der Waals surface area contributed by atoms with Crippen LogP contribution in [0.2, 0.25) is 0 Å². The number of aromatic nitrogens is 2. The van der Waals surface area contributed by atoms with Crippen molar-refractivity contribution in [3.63, 3.8) is 0 Å². The highest BCUT2D eigenvalue weighted by Crippen LogP contribution is 2.49. The minimum atomic E-state index is -0.110. The highest BCUT2D eigenvalue weighted by molar-refractivity contribution is 5.90. The number of carbonyl (C=O) groups excluding carboxylic acids is 1. The normalized spacial score (nSPS) is 17.8. The van der Waals surface area contributed by atoms with Crippen LogP contribution in [0.1, 0.15) is 52.3 Å². The van der Waals surface area contributed by atoms with Gasteiger partial charge in [-0.2, -0.15) is 0 Å². The maximum absolute atomic E-state index is 12.8. The van der Waals surface area contributed by atoms with Gasteiger partial charge >= 0.3 is 0 Å². The lowest BCUT2D eigenvalue weighted by Gasteiger charge is -2.43. The zero-order valence-electron chi connectivity index (χ0n) is 20.0. The van der Waals surface area contributed by atoms with Gasteiger partial charge in [0, 0.05) is 37.8 Å². The maximum Gasteiger partial charge on any atom is 0.291 e. The third-order valence-corrected chi connectivity index (χ3v) is 7.30. The minimum absolute atomic E-state index is 0.110. The van der Waals surface area contributed by atoms with Gasteiger partial charge in [0.2, 0.25) is 5.82 Å². The van der Waals surface area contributed by atoms with Gasteiger partial charge in [-0.25, -0.2) is 9.97 Å². The molecule has 2 aliphatic rings. The molecule has 6 nitrogen and oxygen atoms in total. The molecule has 0 N–H and O–H groups in total. The lowest BCUT2D eigenvalue weighted by molar-refractivity contribution is 0.0651. The molecule has 1 aliphatic heterocycles. The monoisotopic (exact) mass is 456 g/mol. The zero-order valence-corrected chi connectivity index (χ0v) is 20.0. The van der Waals surface area contributed by atoms with E-state index < -0.39 is 0 Å². The van der Waals surface area contributed by atoms with E-state index in [4.69, 9.17) is 4.74 Å². The number of ether oxygens (including phenoxy) is 1. The molecule has 2 heterocycles. The van der Waals surface area contributed by atoms with Crippen molar-refractivity contribution in [3.05, 3.63) is 89.0 Å². The van der Waals surface area contributed by atoms with Crippen molar-refractivity contribution in [1.82, 2.24) is 19.8 Å². The third-order valence-electron chi connectivity index (χ3n) is 7.30. The molecule has 1 amide bonds. The average Bonchev–Trinajstić information content (AvgIpc) is 2.84. The first kappa shape index (κ1) is 22.5. The summed E-state index contributed by atoms with van der Waals surface area (Å²) in [7, 11) is 2.07. The fourth-order valence-electron chi connectivity index (χ4n) is 4.90. The molecule has 1 aliphatic carbocycles. The second kappa shape index (κ2) is 9.55. The predicted octanol–water partition coefficient (Wildman–Crippen LogP) is 4.22. The van der Waals surface area contributed by atoms with Gasteiger partial charge in [0.25, 0.3) is 5.91 Å². The fraction of sp³-hybridized carbons (Fsp3) is 0.393. The first-order chi connectivity index (χ1) is 16.5. The number of hydrogen-bond donors (Lipinski definition) is 0. The summed E-state index contributed by atoms with van der Waals surface area (Å²) in [5.41, 5.74) is 4.86. The summed E-state index contributed by atoms with van der Waals surface area (Å²) in [6.07, 6.45) is 5.26. The van der Waals surface area contributed by atoms with Crippen LogP contribution < -0.4 is 4.74 Å². The first-order valence-corrected chi connectivity index (χ1v) is 12.1. The van der Waals surface area contributed by atoms with Crippen molar-refractivity contribution in [2.45, 2.75) is 38.2 Å². The highest BCUT2D eigenvalue weighted by atomic mass is 16.5. The van der Waals surface area contributed by atoms with Crippen LogP contribution >= 0.6 is 0 Å². The molecule has 0 spiro atoms. The van der Waals surface area contributed by atoms with E-state index >= 15 is 0 Å². The zero-order chi connectivity index (χ0) is 23.5. The van der Waals surface area contributed by atoms with E-state index in [0.717, 1.165) is 18.8 Å². The summed E-state index contributed by atoms with van der Waals surface area (Å²) in [6.45, 7) is 5.58. The van der Waals surface area contributed by atoms with E-state index in [1.807, 2.05) is 17.0 Å². The SMILES string of the molecule is Cc1ccc(C2(c3ccc(OCc4ccnc(C(=O)N5CCN(C)CC5)n4)cc3)CCC2)cc1. The Labute approximate surface area is 201 Å². The molecule has 0 radical (unpaired) electrons. The predicted molar refractivity (Wildman–Crippen MR) is 132 cm³/mol. The largest absolute Gasteiger partial charge is 0.487 e. The Morgan fingerprint density at radius 3 is 2.21 bits per heavy atom. The maximum atomic E-state index is 12.8. The van der Waals surface area contributed by atoms with Crippen LogP contribution in [0.5, 0.6) is 5.75 Å². The average molecular weight is 457 g/mol. The van der Waals surface area contributed by atoms with Gasteiger partial charge in [0.05, 0.1) is 5.69 Å². The molecule has 5 rings (SSSR count). The van der Waals surface area contributed by atoms with Crippen molar-refractivity contribution in [3.8, 4) is 5.75 Å². The van der Waals surface area contributed by atoms with Crippen LogP contribution in [0, 0.1) is 6.92 Å². The quantitative estimate of drug-likeness (QED) is 0.556. The Morgan fingerprint density at radius 1 is 0.941 bits per heavy atom. The van der Waals surface area contributed by atoms with Crippen molar-refractivity contribution in [1.29, 1.82) is 0 Å². The third kappa shape index (κ3) is 4.55. The van der Waals surface area contributed by atoms with Gasteiger partial charge in [-0.05, 0) is 56.1 Å². The van der Waals surface area contributed by atoms with E-state index in [1.165, 1.54) is 36.0 Å². The molecule has 6 heteroatoms. The van der Waals surface area contributed by atoms with Gasteiger partial charge < -0.3 is 14.5 Å². The summed E-state index contributed by atoms with van der Waals surface area (Å²) < 4.78 is 6.01. The lowest BCUT2D eigenvalue weighted by atomic mass is 9.60.